The van der Waals surface area contributed by atoms with Gasteiger partial charge in [-0.2, -0.15) is 0 Å². The molecule has 222 valence electrons. The van der Waals surface area contributed by atoms with Crippen molar-refractivity contribution in [1.29, 1.82) is 0 Å². The zero-order valence-corrected chi connectivity index (χ0v) is 26.1. The maximum atomic E-state index is 5.14. The number of hydrogen-bond acceptors (Lipinski definition) is 4. The maximum Gasteiger partial charge on any atom is 0.160 e. The predicted octanol–water partition coefficient (Wildman–Crippen LogP) is 10.5. The van der Waals surface area contributed by atoms with Crippen LogP contribution >= 0.6 is 0 Å². The third-order valence-corrected chi connectivity index (χ3v) is 9.53. The molecule has 0 bridgehead atoms. The second-order valence-corrected chi connectivity index (χ2v) is 12.7. The van der Waals surface area contributed by atoms with Crippen LogP contribution in [0.1, 0.15) is 25.0 Å². The lowest BCUT2D eigenvalue weighted by molar-refractivity contribution is 0.660. The van der Waals surface area contributed by atoms with Crippen LogP contribution in [0, 0.1) is 0 Å². The largest absolute Gasteiger partial charge is 0.254 e. The summed E-state index contributed by atoms with van der Waals surface area (Å²) in [5.74, 6) is 0.724. The average molecular weight is 603 g/mol. The van der Waals surface area contributed by atoms with Gasteiger partial charge in [0.15, 0.2) is 5.82 Å². The monoisotopic (exact) mass is 602 g/mol. The van der Waals surface area contributed by atoms with Crippen LogP contribution in [-0.2, 0) is 5.41 Å². The maximum absolute atomic E-state index is 5.14. The Labute approximate surface area is 273 Å². The Kier molecular flexibility index (Phi) is 6.12. The first-order valence-electron chi connectivity index (χ1n) is 16.0. The van der Waals surface area contributed by atoms with Gasteiger partial charge in [0.05, 0.1) is 28.1 Å². The normalized spacial score (nSPS) is 13.1. The molecule has 3 aromatic heterocycles. The summed E-state index contributed by atoms with van der Waals surface area (Å²) in [5, 5.41) is 2.19. The molecule has 4 heteroatoms. The molecule has 5 aromatic carbocycles. The van der Waals surface area contributed by atoms with Gasteiger partial charge in [0.25, 0.3) is 0 Å². The van der Waals surface area contributed by atoms with E-state index in [4.69, 9.17) is 15.0 Å². The highest BCUT2D eigenvalue weighted by molar-refractivity contribution is 6.03. The summed E-state index contributed by atoms with van der Waals surface area (Å²) in [5.41, 5.74) is 13.8. The molecule has 0 atom stereocenters. The number of aromatic nitrogens is 4. The lowest BCUT2D eigenvalue weighted by Crippen LogP contribution is -2.15. The number of rotatable bonds is 4. The Morgan fingerprint density at radius 1 is 0.426 bits per heavy atom. The fourth-order valence-corrected chi connectivity index (χ4v) is 7.01. The Bertz CT molecular complexity index is 2430. The van der Waals surface area contributed by atoms with E-state index in [1.165, 1.54) is 22.3 Å². The molecule has 0 aliphatic heterocycles. The zero-order chi connectivity index (χ0) is 31.5. The van der Waals surface area contributed by atoms with Gasteiger partial charge in [-0.05, 0) is 52.6 Å². The van der Waals surface area contributed by atoms with Crippen LogP contribution in [0.3, 0.4) is 0 Å². The van der Waals surface area contributed by atoms with Crippen LogP contribution in [0.15, 0.2) is 146 Å². The molecular formula is C43H30N4. The summed E-state index contributed by atoms with van der Waals surface area (Å²) >= 11 is 0. The fourth-order valence-electron chi connectivity index (χ4n) is 7.01. The fraction of sp³-hybridized carbons (Fsp3) is 0.0698. The van der Waals surface area contributed by atoms with E-state index in [1.807, 2.05) is 24.4 Å². The summed E-state index contributed by atoms with van der Waals surface area (Å²) < 4.78 is 0. The minimum atomic E-state index is -0.221. The third-order valence-electron chi connectivity index (χ3n) is 9.53. The summed E-state index contributed by atoms with van der Waals surface area (Å²) in [6.07, 6.45) is 1.84. The molecule has 3 heterocycles. The molecule has 1 aliphatic rings. The van der Waals surface area contributed by atoms with E-state index in [9.17, 15) is 0 Å². The van der Waals surface area contributed by atoms with Gasteiger partial charge in [-0.1, -0.05) is 123 Å². The molecule has 9 rings (SSSR count). The van der Waals surface area contributed by atoms with E-state index in [0.29, 0.717) is 0 Å². The molecule has 1 aliphatic carbocycles. The Balaban J connectivity index is 1.14. The van der Waals surface area contributed by atoms with E-state index in [1.54, 1.807) is 0 Å². The van der Waals surface area contributed by atoms with Gasteiger partial charge < -0.3 is 0 Å². The van der Waals surface area contributed by atoms with Crippen molar-refractivity contribution in [3.05, 3.63) is 157 Å². The molecule has 0 spiro atoms. The SMILES string of the molecule is CC1(C)c2cc(-c3ccc4ccc5cccnc5c4n3)ccc2-c2ccc(-c3nc(-c4ccccc4)cc(-c4ccccc4)n3)cc21. The third kappa shape index (κ3) is 4.52. The van der Waals surface area contributed by atoms with Crippen LogP contribution < -0.4 is 0 Å². The smallest absolute Gasteiger partial charge is 0.160 e. The Hall–Kier alpha value is -6.00. The van der Waals surface area contributed by atoms with Crippen molar-refractivity contribution in [3.8, 4) is 56.3 Å². The van der Waals surface area contributed by atoms with Gasteiger partial charge in [0.2, 0.25) is 0 Å². The quantitative estimate of drug-likeness (QED) is 0.188. The van der Waals surface area contributed by atoms with E-state index in [-0.39, 0.29) is 5.41 Å². The van der Waals surface area contributed by atoms with Gasteiger partial charge in [0.1, 0.15) is 0 Å². The standard InChI is InChI=1S/C43H30N4/c1-43(2)35-24-31(37-22-19-30-16-15-29-14-9-23-44-40(29)41(30)45-37)17-20-33(35)34-21-18-32(25-36(34)43)42-46-38(27-10-5-3-6-11-27)26-39(47-42)28-12-7-4-8-13-28/h3-26H,1-2H3. The molecule has 0 unspecified atom stereocenters. The molecule has 4 nitrogen and oxygen atoms in total. The summed E-state index contributed by atoms with van der Waals surface area (Å²) in [6, 6.07) is 48.8. The predicted molar refractivity (Wildman–Crippen MR) is 192 cm³/mol. The van der Waals surface area contributed by atoms with E-state index in [0.717, 1.165) is 67.0 Å². The number of benzene rings is 5. The van der Waals surface area contributed by atoms with Gasteiger partial charge in [-0.25, -0.2) is 15.0 Å². The van der Waals surface area contributed by atoms with Gasteiger partial charge in [0, 0.05) is 44.6 Å². The number of hydrogen-bond donors (Lipinski definition) is 0. The highest BCUT2D eigenvalue weighted by atomic mass is 14.9. The van der Waals surface area contributed by atoms with E-state index < -0.39 is 0 Å². The highest BCUT2D eigenvalue weighted by Crippen LogP contribution is 2.50. The second-order valence-electron chi connectivity index (χ2n) is 12.7. The van der Waals surface area contributed by atoms with E-state index >= 15 is 0 Å². The first-order valence-corrected chi connectivity index (χ1v) is 16.0. The van der Waals surface area contributed by atoms with Gasteiger partial charge >= 0.3 is 0 Å². The zero-order valence-electron chi connectivity index (χ0n) is 26.1. The second kappa shape index (κ2) is 10.5. The molecule has 0 fully saturated rings. The molecule has 0 saturated carbocycles. The molecule has 0 N–H and O–H groups in total. The van der Waals surface area contributed by atoms with Crippen LogP contribution in [0.25, 0.3) is 78.1 Å². The Morgan fingerprint density at radius 2 is 1.00 bits per heavy atom. The first-order chi connectivity index (χ1) is 23.0. The van der Waals surface area contributed by atoms with Crippen LogP contribution in [0.4, 0.5) is 0 Å². The molecule has 0 radical (unpaired) electrons. The lowest BCUT2D eigenvalue weighted by Gasteiger charge is -2.22. The minimum Gasteiger partial charge on any atom is -0.254 e. The molecule has 0 amide bonds. The van der Waals surface area contributed by atoms with Crippen molar-refractivity contribution in [2.75, 3.05) is 0 Å². The van der Waals surface area contributed by atoms with Crippen molar-refractivity contribution >= 4 is 21.8 Å². The minimum absolute atomic E-state index is 0.221. The Morgan fingerprint density at radius 3 is 1.66 bits per heavy atom. The molecule has 0 saturated heterocycles. The van der Waals surface area contributed by atoms with E-state index in [2.05, 4.69) is 140 Å². The van der Waals surface area contributed by atoms with Crippen LogP contribution in [-0.4, -0.2) is 19.9 Å². The summed E-state index contributed by atoms with van der Waals surface area (Å²) in [7, 11) is 0. The number of pyridine rings is 2. The topological polar surface area (TPSA) is 51.6 Å². The van der Waals surface area contributed by atoms with Crippen LogP contribution in [0.2, 0.25) is 0 Å². The van der Waals surface area contributed by atoms with Crippen molar-refractivity contribution < 1.29 is 0 Å². The van der Waals surface area contributed by atoms with Crippen molar-refractivity contribution in [2.45, 2.75) is 19.3 Å². The van der Waals surface area contributed by atoms with Gasteiger partial charge in [-0.3, -0.25) is 4.98 Å². The van der Waals surface area contributed by atoms with Crippen molar-refractivity contribution in [2.24, 2.45) is 0 Å². The average Bonchev–Trinajstić information content (AvgIpc) is 3.36. The number of fused-ring (bicyclic) bond motifs is 6. The lowest BCUT2D eigenvalue weighted by atomic mass is 9.81. The molecular weight excluding hydrogens is 573 g/mol. The summed E-state index contributed by atoms with van der Waals surface area (Å²) in [4.78, 5) is 20.0. The van der Waals surface area contributed by atoms with Crippen molar-refractivity contribution in [1.82, 2.24) is 19.9 Å². The number of nitrogens with zero attached hydrogens (tertiary/aromatic N) is 4. The van der Waals surface area contributed by atoms with Gasteiger partial charge in [-0.15, -0.1) is 0 Å². The van der Waals surface area contributed by atoms with Crippen molar-refractivity contribution in [3.63, 3.8) is 0 Å². The summed E-state index contributed by atoms with van der Waals surface area (Å²) in [6.45, 7) is 4.63. The first kappa shape index (κ1) is 27.3. The highest BCUT2D eigenvalue weighted by Gasteiger charge is 2.36. The molecule has 8 aromatic rings. The molecule has 47 heavy (non-hydrogen) atoms. The van der Waals surface area contributed by atoms with Crippen LogP contribution in [0.5, 0.6) is 0 Å².